The van der Waals surface area contributed by atoms with Crippen molar-refractivity contribution >= 4 is 29.3 Å². The summed E-state index contributed by atoms with van der Waals surface area (Å²) in [5, 5.41) is 21.7. The van der Waals surface area contributed by atoms with Gasteiger partial charge in [-0.1, -0.05) is 37.2 Å². The molecule has 25 heavy (non-hydrogen) atoms. The zero-order valence-electron chi connectivity index (χ0n) is 14.6. The Morgan fingerprint density at radius 3 is 2.60 bits per heavy atom. The molecule has 0 saturated carbocycles. The predicted molar refractivity (Wildman–Crippen MR) is 99.2 cm³/mol. The average molecular weight is 378 g/mol. The molecule has 1 N–H and O–H groups in total. The molecule has 1 atom stereocenters. The van der Waals surface area contributed by atoms with E-state index in [1.54, 1.807) is 19.1 Å². The topological polar surface area (TPSA) is 83.6 Å². The Bertz CT molecular complexity index is 796. The third kappa shape index (κ3) is 4.53. The van der Waals surface area contributed by atoms with Crippen molar-refractivity contribution in [2.24, 2.45) is 13.0 Å². The number of hydrogen-bond donors (Lipinski definition) is 1. The smallest absolute Gasteiger partial charge is 0.231 e. The molecule has 0 aliphatic rings. The quantitative estimate of drug-likeness (QED) is 0.781. The second-order valence-electron chi connectivity index (χ2n) is 6.18. The van der Waals surface area contributed by atoms with Crippen LogP contribution in [0.5, 0.6) is 0 Å². The summed E-state index contributed by atoms with van der Waals surface area (Å²) in [4.78, 5) is 12.2. The van der Waals surface area contributed by atoms with E-state index in [1.165, 1.54) is 11.8 Å². The Labute approximate surface area is 156 Å². The fourth-order valence-electron chi connectivity index (χ4n) is 2.05. The van der Waals surface area contributed by atoms with E-state index in [-0.39, 0.29) is 17.6 Å². The van der Waals surface area contributed by atoms with E-state index in [0.717, 1.165) is 5.56 Å². The van der Waals surface area contributed by atoms with Crippen molar-refractivity contribution in [3.05, 3.63) is 29.3 Å². The van der Waals surface area contributed by atoms with Gasteiger partial charge in [0.25, 0.3) is 0 Å². The minimum atomic E-state index is -0.883. The van der Waals surface area contributed by atoms with Crippen LogP contribution < -0.4 is 5.32 Å². The molecule has 1 unspecified atom stereocenters. The van der Waals surface area contributed by atoms with Gasteiger partial charge in [0.1, 0.15) is 5.54 Å². The first-order valence-corrected chi connectivity index (χ1v) is 9.13. The molecule has 0 radical (unpaired) electrons. The first-order valence-electron chi connectivity index (χ1n) is 7.77. The van der Waals surface area contributed by atoms with Crippen LogP contribution in [0.15, 0.2) is 29.4 Å². The first-order chi connectivity index (χ1) is 11.8. The second kappa shape index (κ2) is 7.89. The lowest BCUT2D eigenvalue weighted by Gasteiger charge is -2.27. The van der Waals surface area contributed by atoms with Gasteiger partial charge >= 0.3 is 0 Å². The second-order valence-corrected chi connectivity index (χ2v) is 7.56. The minimum absolute atomic E-state index is 0.0118. The van der Waals surface area contributed by atoms with Crippen molar-refractivity contribution < 1.29 is 4.79 Å². The maximum absolute atomic E-state index is 12.2. The van der Waals surface area contributed by atoms with Gasteiger partial charge in [0.2, 0.25) is 5.91 Å². The Hall–Kier alpha value is -2.04. The molecule has 132 valence electrons. The van der Waals surface area contributed by atoms with Gasteiger partial charge < -0.3 is 9.88 Å². The number of halogens is 1. The maximum atomic E-state index is 12.2. The SMILES string of the molecule is CC(C)C(C)(C#N)NC(=O)CSc1nnc(-c2ccc(Cl)cc2)n1C. The van der Waals surface area contributed by atoms with Gasteiger partial charge in [-0.05, 0) is 37.1 Å². The average Bonchev–Trinajstić information content (AvgIpc) is 2.94. The third-order valence-corrected chi connectivity index (χ3v) is 5.33. The number of hydrogen-bond acceptors (Lipinski definition) is 5. The van der Waals surface area contributed by atoms with Crippen LogP contribution in [0.25, 0.3) is 11.4 Å². The van der Waals surface area contributed by atoms with Gasteiger partial charge in [0.15, 0.2) is 11.0 Å². The maximum Gasteiger partial charge on any atom is 0.231 e. The van der Waals surface area contributed by atoms with E-state index in [2.05, 4.69) is 21.6 Å². The molecular weight excluding hydrogens is 358 g/mol. The molecule has 1 aromatic heterocycles. The molecule has 1 aromatic carbocycles. The summed E-state index contributed by atoms with van der Waals surface area (Å²) in [5.41, 5.74) is 0.0130. The lowest BCUT2D eigenvalue weighted by atomic mass is 9.90. The largest absolute Gasteiger partial charge is 0.337 e. The number of nitrogens with one attached hydrogen (secondary N) is 1. The molecule has 0 aliphatic carbocycles. The van der Waals surface area contributed by atoms with E-state index in [1.807, 2.05) is 37.6 Å². The van der Waals surface area contributed by atoms with E-state index in [0.29, 0.717) is 16.0 Å². The number of nitriles is 1. The van der Waals surface area contributed by atoms with Gasteiger partial charge in [-0.25, -0.2) is 0 Å². The zero-order chi connectivity index (χ0) is 18.6. The summed E-state index contributed by atoms with van der Waals surface area (Å²) in [6.45, 7) is 5.52. The fourth-order valence-corrected chi connectivity index (χ4v) is 2.89. The van der Waals surface area contributed by atoms with Crippen LogP contribution in [0, 0.1) is 17.2 Å². The molecule has 0 saturated heterocycles. The summed E-state index contributed by atoms with van der Waals surface area (Å²) in [6.07, 6.45) is 0. The minimum Gasteiger partial charge on any atom is -0.337 e. The Morgan fingerprint density at radius 1 is 1.40 bits per heavy atom. The normalized spacial score (nSPS) is 13.3. The molecule has 1 heterocycles. The van der Waals surface area contributed by atoms with E-state index in [4.69, 9.17) is 11.6 Å². The number of rotatable bonds is 6. The first kappa shape index (κ1) is 19.3. The highest BCUT2D eigenvalue weighted by Gasteiger charge is 2.30. The zero-order valence-corrected chi connectivity index (χ0v) is 16.1. The molecule has 0 spiro atoms. The van der Waals surface area contributed by atoms with E-state index < -0.39 is 5.54 Å². The summed E-state index contributed by atoms with van der Waals surface area (Å²) >= 11 is 7.18. The Morgan fingerprint density at radius 2 is 2.04 bits per heavy atom. The van der Waals surface area contributed by atoms with Crippen LogP contribution in [-0.4, -0.2) is 32.0 Å². The molecule has 8 heteroatoms. The summed E-state index contributed by atoms with van der Waals surface area (Å²) in [5.74, 6) is 0.663. The van der Waals surface area contributed by atoms with Crippen LogP contribution in [0.2, 0.25) is 5.02 Å². The lowest BCUT2D eigenvalue weighted by molar-refractivity contribution is -0.120. The van der Waals surface area contributed by atoms with Crippen LogP contribution in [0.3, 0.4) is 0 Å². The van der Waals surface area contributed by atoms with Crippen LogP contribution >= 0.6 is 23.4 Å². The van der Waals surface area contributed by atoms with Gasteiger partial charge in [0.05, 0.1) is 11.8 Å². The van der Waals surface area contributed by atoms with Crippen molar-refractivity contribution in [2.45, 2.75) is 31.5 Å². The number of thioether (sulfide) groups is 1. The third-order valence-electron chi connectivity index (χ3n) is 4.06. The molecule has 0 fully saturated rings. The van der Waals surface area contributed by atoms with Gasteiger partial charge in [0, 0.05) is 17.6 Å². The van der Waals surface area contributed by atoms with Gasteiger partial charge in [-0.3, -0.25) is 4.79 Å². The van der Waals surface area contributed by atoms with E-state index in [9.17, 15) is 10.1 Å². The van der Waals surface area contributed by atoms with Crippen molar-refractivity contribution in [3.63, 3.8) is 0 Å². The summed E-state index contributed by atoms with van der Waals surface area (Å²) in [6, 6.07) is 9.49. The van der Waals surface area contributed by atoms with Crippen LogP contribution in [0.4, 0.5) is 0 Å². The van der Waals surface area contributed by atoms with Crippen LogP contribution in [0.1, 0.15) is 20.8 Å². The standard InChI is InChI=1S/C17H20ClN5OS/c1-11(2)17(3,10-19)20-14(24)9-25-16-22-21-15(23(16)4)12-5-7-13(18)8-6-12/h5-8,11H,9H2,1-4H3,(H,20,24). The highest BCUT2D eigenvalue weighted by Crippen LogP contribution is 2.24. The molecular formula is C17H20ClN5OS. The Balaban J connectivity index is 2.04. The monoisotopic (exact) mass is 377 g/mol. The van der Waals surface area contributed by atoms with Gasteiger partial charge in [-0.2, -0.15) is 5.26 Å². The molecule has 0 aliphatic heterocycles. The highest BCUT2D eigenvalue weighted by molar-refractivity contribution is 7.99. The number of amides is 1. The number of benzene rings is 1. The fraction of sp³-hybridized carbons (Fsp3) is 0.412. The summed E-state index contributed by atoms with van der Waals surface area (Å²) in [7, 11) is 1.84. The molecule has 2 rings (SSSR count). The number of aromatic nitrogens is 3. The number of carbonyl (C=O) groups excluding carboxylic acids is 1. The van der Waals surface area contributed by atoms with Crippen molar-refractivity contribution in [2.75, 3.05) is 5.75 Å². The number of carbonyl (C=O) groups is 1. The van der Waals surface area contributed by atoms with Gasteiger partial charge in [-0.15, -0.1) is 10.2 Å². The summed E-state index contributed by atoms with van der Waals surface area (Å²) < 4.78 is 1.83. The Kier molecular flexibility index (Phi) is 6.09. The predicted octanol–water partition coefficient (Wildman–Crippen LogP) is 3.28. The van der Waals surface area contributed by atoms with Crippen molar-refractivity contribution in [3.8, 4) is 17.5 Å². The van der Waals surface area contributed by atoms with E-state index >= 15 is 0 Å². The van der Waals surface area contributed by atoms with Crippen molar-refractivity contribution in [1.29, 1.82) is 5.26 Å². The molecule has 6 nitrogen and oxygen atoms in total. The molecule has 2 aromatic rings. The number of nitrogens with zero attached hydrogens (tertiary/aromatic N) is 4. The highest BCUT2D eigenvalue weighted by atomic mass is 35.5. The molecule has 0 bridgehead atoms. The van der Waals surface area contributed by atoms with Crippen LogP contribution in [-0.2, 0) is 11.8 Å². The lowest BCUT2D eigenvalue weighted by Crippen LogP contribution is -2.49. The van der Waals surface area contributed by atoms with Crippen molar-refractivity contribution in [1.82, 2.24) is 20.1 Å². The molecule has 1 amide bonds.